The molecule has 2 aliphatic heterocycles. The molecule has 10 nitrogen and oxygen atoms in total. The molecule has 1 unspecified atom stereocenters. The minimum atomic E-state index is -1.56. The number of nitriles is 1. The Balaban J connectivity index is 1.15. The maximum absolute atomic E-state index is 14.0. The van der Waals surface area contributed by atoms with Crippen molar-refractivity contribution < 1.29 is 32.5 Å². The van der Waals surface area contributed by atoms with Gasteiger partial charge < -0.3 is 29.4 Å². The first-order chi connectivity index (χ1) is 26.6. The Morgan fingerprint density at radius 1 is 0.855 bits per heavy atom. The molecule has 0 radical (unpaired) electrons. The van der Waals surface area contributed by atoms with Crippen LogP contribution in [-0.4, -0.2) is 57.5 Å². The summed E-state index contributed by atoms with van der Waals surface area (Å²) in [5, 5.41) is 15.2. The fourth-order valence-corrected chi connectivity index (χ4v) is 7.99. The van der Waals surface area contributed by atoms with Crippen LogP contribution in [0, 0.1) is 23.0 Å². The summed E-state index contributed by atoms with van der Waals surface area (Å²) in [6.07, 6.45) is 19.4. The molecule has 0 amide bonds. The third kappa shape index (κ3) is 11.4. The van der Waals surface area contributed by atoms with Crippen molar-refractivity contribution in [3.63, 3.8) is 0 Å². The van der Waals surface area contributed by atoms with Gasteiger partial charge in [-0.3, -0.25) is 0 Å². The summed E-state index contributed by atoms with van der Waals surface area (Å²) in [5.41, 5.74) is 6.09. The minimum absolute atomic E-state index is 0.0703. The second kappa shape index (κ2) is 20.8. The number of nitrogens with two attached hydrogens (primary N) is 1. The Hall–Kier alpha value is -3.21. The largest absolute Gasteiger partial charge is 0.382 e. The highest BCUT2D eigenvalue weighted by Crippen LogP contribution is 2.50. The fourth-order valence-electron chi connectivity index (χ4n) is 7.99. The molecule has 55 heavy (non-hydrogen) atoms. The van der Waals surface area contributed by atoms with E-state index in [1.165, 1.54) is 95.9 Å². The number of halogens is 2. The molecular weight excluding hydrogens is 704 g/mol. The number of nitrogens with zero attached hydrogens (tertiary/aromatic N) is 4. The van der Waals surface area contributed by atoms with Crippen LogP contribution in [-0.2, 0) is 35.9 Å². The predicted octanol–water partition coefficient (Wildman–Crippen LogP) is 9.87. The number of nitrogen functional groups attached to an aromatic ring is 1. The molecule has 0 saturated carbocycles. The average Bonchev–Trinajstić information content (AvgIpc) is 3.83. The van der Waals surface area contributed by atoms with E-state index in [2.05, 4.69) is 23.1 Å². The van der Waals surface area contributed by atoms with Crippen molar-refractivity contribution in [2.45, 2.75) is 185 Å². The fraction of sp³-hybridized carbons (Fsp3) is 0.698. The molecule has 4 heterocycles. The van der Waals surface area contributed by atoms with E-state index in [0.717, 1.165) is 31.4 Å². The van der Waals surface area contributed by atoms with Gasteiger partial charge in [0.1, 0.15) is 30.1 Å². The molecule has 0 bridgehead atoms. The number of fused-ring (bicyclic) bond motifs is 2. The van der Waals surface area contributed by atoms with Crippen LogP contribution in [0.5, 0.6) is 0 Å². The first-order valence-electron chi connectivity index (χ1n) is 20.8. The van der Waals surface area contributed by atoms with Gasteiger partial charge in [0.15, 0.2) is 23.2 Å². The lowest BCUT2D eigenvalue weighted by Gasteiger charge is -2.31. The van der Waals surface area contributed by atoms with E-state index in [-0.39, 0.29) is 12.4 Å². The maximum Gasteiger partial charge on any atom is 0.225 e. The smallest absolute Gasteiger partial charge is 0.225 e. The molecule has 0 aliphatic carbocycles. The number of hydrogen-bond acceptors (Lipinski definition) is 9. The topological polar surface area (TPSA) is 126 Å². The third-order valence-corrected chi connectivity index (χ3v) is 11.1. The van der Waals surface area contributed by atoms with Crippen LogP contribution in [0.25, 0.3) is 5.52 Å². The molecule has 1 aromatic carbocycles. The highest BCUT2D eigenvalue weighted by Gasteiger charge is 2.65. The molecule has 12 heteroatoms. The zero-order chi connectivity index (χ0) is 39.3. The van der Waals surface area contributed by atoms with Crippen molar-refractivity contribution >= 4 is 11.3 Å². The van der Waals surface area contributed by atoms with E-state index < -0.39 is 53.5 Å². The Morgan fingerprint density at radius 2 is 1.49 bits per heavy atom. The molecule has 2 aliphatic rings. The number of aromatic nitrogens is 3. The summed E-state index contributed by atoms with van der Waals surface area (Å²) in [6, 6.07) is 9.67. The highest BCUT2D eigenvalue weighted by atomic mass is 19.2. The Bertz CT molecular complexity index is 1670. The van der Waals surface area contributed by atoms with Gasteiger partial charge in [-0.25, -0.2) is 18.3 Å². The van der Waals surface area contributed by atoms with E-state index >= 15 is 0 Å². The summed E-state index contributed by atoms with van der Waals surface area (Å²) in [4.78, 5) is 4.09. The molecule has 2 aromatic heterocycles. The van der Waals surface area contributed by atoms with Gasteiger partial charge in [0.25, 0.3) is 0 Å². The van der Waals surface area contributed by atoms with Gasteiger partial charge in [-0.15, -0.1) is 0 Å². The molecule has 2 saturated heterocycles. The van der Waals surface area contributed by atoms with E-state index in [0.29, 0.717) is 29.8 Å². The van der Waals surface area contributed by atoms with Crippen LogP contribution in [0.3, 0.4) is 0 Å². The molecule has 3 aromatic rings. The monoisotopic (exact) mass is 767 g/mol. The van der Waals surface area contributed by atoms with Gasteiger partial charge in [0.05, 0.1) is 30.6 Å². The van der Waals surface area contributed by atoms with Gasteiger partial charge in [0, 0.05) is 13.0 Å². The van der Waals surface area contributed by atoms with E-state index in [4.69, 9.17) is 29.4 Å². The molecule has 5 rings (SSSR count). The normalized spacial score (nSPS) is 22.9. The summed E-state index contributed by atoms with van der Waals surface area (Å²) in [5.74, 6) is -2.52. The highest BCUT2D eigenvalue weighted by molar-refractivity contribution is 5.66. The zero-order valence-electron chi connectivity index (χ0n) is 33.4. The lowest BCUT2D eigenvalue weighted by molar-refractivity contribution is -0.207. The lowest BCUT2D eigenvalue weighted by Crippen LogP contribution is -2.40. The van der Waals surface area contributed by atoms with Crippen LogP contribution in [0.15, 0.2) is 36.7 Å². The number of ether oxygens (including phenoxy) is 5. The summed E-state index contributed by atoms with van der Waals surface area (Å²) in [6.45, 7) is 8.40. The van der Waals surface area contributed by atoms with Gasteiger partial charge in [0.2, 0.25) is 5.60 Å². The molecular formula is C43H63F2N5O5. The Labute approximate surface area is 326 Å². The second-order valence-electron chi connectivity index (χ2n) is 15.9. The number of unbranched alkanes of at least 4 members (excludes halogenated alkanes) is 15. The molecule has 0 spiro atoms. The van der Waals surface area contributed by atoms with Gasteiger partial charge >= 0.3 is 0 Å². The van der Waals surface area contributed by atoms with Crippen molar-refractivity contribution in [3.05, 3.63) is 59.6 Å². The molecule has 2 N–H and O–H groups in total. The maximum atomic E-state index is 14.0. The van der Waals surface area contributed by atoms with Gasteiger partial charge in [-0.2, -0.15) is 10.4 Å². The summed E-state index contributed by atoms with van der Waals surface area (Å²) >= 11 is 0. The third-order valence-electron chi connectivity index (χ3n) is 11.1. The average molecular weight is 768 g/mol. The van der Waals surface area contributed by atoms with Gasteiger partial charge in [-0.05, 0) is 57.0 Å². The number of anilines is 1. The molecule has 2 fully saturated rings. The number of rotatable bonds is 25. The van der Waals surface area contributed by atoms with E-state index in [9.17, 15) is 14.0 Å². The van der Waals surface area contributed by atoms with Crippen molar-refractivity contribution in [2.24, 2.45) is 0 Å². The van der Waals surface area contributed by atoms with E-state index in [1.807, 2.05) is 20.8 Å². The predicted molar refractivity (Wildman–Crippen MR) is 208 cm³/mol. The Kier molecular flexibility index (Phi) is 16.2. The SMILES string of the molecule is CCCCCCCCCCCCCCCCCCOC(C[C@H]1O[C@@](C#N)(c2ccc3c(N)ncnn23)[C@@H]2OC(C)(C)O[C@@H]21)[C@@H](C)OCc1ccc(F)c(F)c1. The quantitative estimate of drug-likeness (QED) is 0.0839. The first kappa shape index (κ1) is 42.9. The first-order valence-corrected chi connectivity index (χ1v) is 20.8. The van der Waals surface area contributed by atoms with Crippen LogP contribution in [0.1, 0.15) is 148 Å². The van der Waals surface area contributed by atoms with Crippen molar-refractivity contribution in [2.75, 3.05) is 12.3 Å². The standard InChI is InChI=1S/C43H63F2N5O5/c1-5-6-7-8-9-10-11-12-13-14-15-16-17-18-19-20-25-51-36(31(2)52-28-32-21-22-33(44)34(45)26-32)27-37-39-40(55-42(3,4)54-39)43(29-46,53-37)38-24-23-35-41(47)48-30-49-50(35)38/h21-24,26,30-31,36-37,39-40H,5-20,25,27-28H2,1-4H3,(H2,47,48,49)/t31-,36?,37-,39-,40-,43+/m1/s1. The van der Waals surface area contributed by atoms with Crippen molar-refractivity contribution in [3.8, 4) is 6.07 Å². The van der Waals surface area contributed by atoms with Crippen molar-refractivity contribution in [1.82, 2.24) is 14.6 Å². The van der Waals surface area contributed by atoms with Crippen LogP contribution in [0.4, 0.5) is 14.6 Å². The van der Waals surface area contributed by atoms with E-state index in [1.54, 1.807) is 16.6 Å². The lowest BCUT2D eigenvalue weighted by atomic mass is 9.91. The summed E-state index contributed by atoms with van der Waals surface area (Å²) in [7, 11) is 0. The Morgan fingerprint density at radius 3 is 2.11 bits per heavy atom. The second-order valence-corrected chi connectivity index (χ2v) is 15.9. The molecule has 304 valence electrons. The number of hydrogen-bond donors (Lipinski definition) is 1. The van der Waals surface area contributed by atoms with Gasteiger partial charge in [-0.1, -0.05) is 109 Å². The van der Waals surface area contributed by atoms with Crippen LogP contribution >= 0.6 is 0 Å². The van der Waals surface area contributed by atoms with Crippen LogP contribution in [0.2, 0.25) is 0 Å². The minimum Gasteiger partial charge on any atom is -0.382 e. The zero-order valence-corrected chi connectivity index (χ0v) is 33.4. The van der Waals surface area contributed by atoms with Crippen molar-refractivity contribution in [1.29, 1.82) is 5.26 Å². The molecule has 6 atom stereocenters. The number of benzene rings is 1. The van der Waals surface area contributed by atoms with Crippen LogP contribution < -0.4 is 5.73 Å². The summed E-state index contributed by atoms with van der Waals surface area (Å²) < 4.78 is 61.4.